The Balaban J connectivity index is 1.56. The van der Waals surface area contributed by atoms with Gasteiger partial charge < -0.3 is 14.4 Å². The maximum atomic E-state index is 12.6. The van der Waals surface area contributed by atoms with Crippen LogP contribution in [0, 0.1) is 6.92 Å². The van der Waals surface area contributed by atoms with Crippen molar-refractivity contribution in [3.05, 3.63) is 41.7 Å². The SMILES string of the molecule is Cc1cc(C(=O)N2CCC(Oc3cccc(OC(F)(F)F)c3)CC2)n(C)n1. The molecule has 1 fully saturated rings. The predicted octanol–water partition coefficient (Wildman–Crippen LogP) is 3.31. The number of aromatic nitrogens is 2. The second-order valence-corrected chi connectivity index (χ2v) is 6.43. The lowest BCUT2D eigenvalue weighted by Gasteiger charge is -2.32. The van der Waals surface area contributed by atoms with E-state index in [1.54, 1.807) is 28.8 Å². The molecule has 1 aliphatic heterocycles. The van der Waals surface area contributed by atoms with Gasteiger partial charge in [0, 0.05) is 39.0 Å². The van der Waals surface area contributed by atoms with Crippen LogP contribution in [0.1, 0.15) is 29.0 Å². The summed E-state index contributed by atoms with van der Waals surface area (Å²) in [4.78, 5) is 14.3. The molecule has 0 radical (unpaired) electrons. The van der Waals surface area contributed by atoms with E-state index in [-0.39, 0.29) is 17.8 Å². The van der Waals surface area contributed by atoms with Crippen molar-refractivity contribution in [1.29, 1.82) is 0 Å². The van der Waals surface area contributed by atoms with Crippen LogP contribution in [0.2, 0.25) is 0 Å². The van der Waals surface area contributed by atoms with Crippen LogP contribution < -0.4 is 9.47 Å². The van der Waals surface area contributed by atoms with Crippen LogP contribution in [0.5, 0.6) is 11.5 Å². The summed E-state index contributed by atoms with van der Waals surface area (Å²) in [5.74, 6) is -0.0971. The molecule has 1 saturated heterocycles. The number of benzene rings is 1. The molecule has 0 spiro atoms. The van der Waals surface area contributed by atoms with Gasteiger partial charge in [-0.05, 0) is 25.1 Å². The van der Waals surface area contributed by atoms with Crippen LogP contribution in [-0.4, -0.2) is 46.1 Å². The Morgan fingerprint density at radius 1 is 1.19 bits per heavy atom. The predicted molar refractivity (Wildman–Crippen MR) is 90.6 cm³/mol. The van der Waals surface area contributed by atoms with E-state index in [1.165, 1.54) is 18.2 Å². The molecule has 2 aromatic rings. The number of ether oxygens (including phenoxy) is 2. The maximum Gasteiger partial charge on any atom is 0.573 e. The van der Waals surface area contributed by atoms with E-state index in [0.717, 1.165) is 5.69 Å². The molecule has 6 nitrogen and oxygen atoms in total. The Morgan fingerprint density at radius 2 is 1.85 bits per heavy atom. The summed E-state index contributed by atoms with van der Waals surface area (Å²) >= 11 is 0. The molecule has 2 heterocycles. The highest BCUT2D eigenvalue weighted by Crippen LogP contribution is 2.28. The number of nitrogens with zero attached hydrogens (tertiary/aromatic N) is 3. The van der Waals surface area contributed by atoms with E-state index < -0.39 is 6.36 Å². The largest absolute Gasteiger partial charge is 0.573 e. The van der Waals surface area contributed by atoms with Crippen LogP contribution in [0.3, 0.4) is 0 Å². The monoisotopic (exact) mass is 383 g/mol. The van der Waals surface area contributed by atoms with Crippen molar-refractivity contribution in [1.82, 2.24) is 14.7 Å². The van der Waals surface area contributed by atoms with Crippen LogP contribution in [0.4, 0.5) is 13.2 Å². The standard InChI is InChI=1S/C18H20F3N3O3/c1-12-10-16(23(2)22-12)17(25)24-8-6-13(7-9-24)26-14-4-3-5-15(11-14)27-18(19,20)21/h3-5,10-11,13H,6-9H2,1-2H3. The number of likely N-dealkylation sites (tertiary alicyclic amines) is 1. The summed E-state index contributed by atoms with van der Waals surface area (Å²) in [7, 11) is 1.73. The zero-order valence-electron chi connectivity index (χ0n) is 15.0. The third-order valence-corrected chi connectivity index (χ3v) is 4.29. The number of carbonyl (C=O) groups excluding carboxylic acids is 1. The molecule has 0 atom stereocenters. The highest BCUT2D eigenvalue weighted by atomic mass is 19.4. The Morgan fingerprint density at radius 3 is 2.44 bits per heavy atom. The van der Waals surface area contributed by atoms with Crippen molar-refractivity contribution in [2.75, 3.05) is 13.1 Å². The summed E-state index contributed by atoms with van der Waals surface area (Å²) < 4.78 is 48.2. The Labute approximate surface area is 154 Å². The van der Waals surface area contributed by atoms with Crippen molar-refractivity contribution in [2.24, 2.45) is 7.05 Å². The first-order chi connectivity index (χ1) is 12.7. The van der Waals surface area contributed by atoms with Gasteiger partial charge in [-0.2, -0.15) is 5.10 Å². The lowest BCUT2D eigenvalue weighted by Crippen LogP contribution is -2.42. The summed E-state index contributed by atoms with van der Waals surface area (Å²) in [6, 6.07) is 7.21. The van der Waals surface area contributed by atoms with Gasteiger partial charge in [0.1, 0.15) is 23.3 Å². The molecule has 3 rings (SSSR count). The molecule has 1 aromatic carbocycles. The van der Waals surface area contributed by atoms with Gasteiger partial charge in [0.05, 0.1) is 5.69 Å². The lowest BCUT2D eigenvalue weighted by molar-refractivity contribution is -0.274. The summed E-state index contributed by atoms with van der Waals surface area (Å²) in [5, 5.41) is 4.18. The Bertz CT molecular complexity index is 812. The fourth-order valence-corrected chi connectivity index (χ4v) is 3.09. The minimum atomic E-state index is -4.74. The van der Waals surface area contributed by atoms with E-state index >= 15 is 0 Å². The van der Waals surface area contributed by atoms with Gasteiger partial charge in [0.2, 0.25) is 0 Å². The van der Waals surface area contributed by atoms with E-state index in [0.29, 0.717) is 37.4 Å². The van der Waals surface area contributed by atoms with Crippen molar-refractivity contribution >= 4 is 5.91 Å². The number of hydrogen-bond acceptors (Lipinski definition) is 4. The fraction of sp³-hybridized carbons (Fsp3) is 0.444. The normalized spacial score (nSPS) is 15.7. The van der Waals surface area contributed by atoms with Crippen molar-refractivity contribution in [3.63, 3.8) is 0 Å². The van der Waals surface area contributed by atoms with Crippen LogP contribution in [0.15, 0.2) is 30.3 Å². The molecule has 9 heteroatoms. The number of amides is 1. The van der Waals surface area contributed by atoms with Gasteiger partial charge in [-0.1, -0.05) is 6.07 Å². The average Bonchev–Trinajstić information content (AvgIpc) is 2.92. The molecule has 0 bridgehead atoms. The molecule has 1 aliphatic rings. The number of alkyl halides is 3. The summed E-state index contributed by atoms with van der Waals surface area (Å²) in [6.45, 7) is 2.84. The fourth-order valence-electron chi connectivity index (χ4n) is 3.09. The second-order valence-electron chi connectivity index (χ2n) is 6.43. The number of hydrogen-bond donors (Lipinski definition) is 0. The van der Waals surface area contributed by atoms with Crippen LogP contribution in [-0.2, 0) is 7.05 Å². The lowest BCUT2D eigenvalue weighted by atomic mass is 10.1. The maximum absolute atomic E-state index is 12.6. The molecule has 0 unspecified atom stereocenters. The summed E-state index contributed by atoms with van der Waals surface area (Å²) in [6.07, 6.45) is -3.74. The third kappa shape index (κ3) is 4.93. The summed E-state index contributed by atoms with van der Waals surface area (Å²) in [5.41, 5.74) is 1.31. The molecule has 0 aliphatic carbocycles. The van der Waals surface area contributed by atoms with Crippen molar-refractivity contribution < 1.29 is 27.4 Å². The van der Waals surface area contributed by atoms with Crippen LogP contribution in [0.25, 0.3) is 0 Å². The topological polar surface area (TPSA) is 56.6 Å². The molecule has 27 heavy (non-hydrogen) atoms. The minimum Gasteiger partial charge on any atom is -0.490 e. The number of aryl methyl sites for hydroxylation is 2. The molecule has 0 saturated carbocycles. The zero-order valence-corrected chi connectivity index (χ0v) is 15.0. The van der Waals surface area contributed by atoms with Gasteiger partial charge in [-0.3, -0.25) is 9.48 Å². The number of piperidine rings is 1. The molecule has 1 aromatic heterocycles. The average molecular weight is 383 g/mol. The smallest absolute Gasteiger partial charge is 0.490 e. The first-order valence-electron chi connectivity index (χ1n) is 8.53. The van der Waals surface area contributed by atoms with Gasteiger partial charge in [-0.15, -0.1) is 13.2 Å². The van der Waals surface area contributed by atoms with Gasteiger partial charge in [0.15, 0.2) is 0 Å². The molecular weight excluding hydrogens is 363 g/mol. The highest BCUT2D eigenvalue weighted by molar-refractivity contribution is 5.92. The third-order valence-electron chi connectivity index (χ3n) is 4.29. The molecular formula is C18H20F3N3O3. The van der Waals surface area contributed by atoms with Crippen LogP contribution >= 0.6 is 0 Å². The Hall–Kier alpha value is -2.71. The number of rotatable bonds is 4. The van der Waals surface area contributed by atoms with E-state index in [4.69, 9.17) is 4.74 Å². The van der Waals surface area contributed by atoms with E-state index in [9.17, 15) is 18.0 Å². The van der Waals surface area contributed by atoms with Crippen molar-refractivity contribution in [2.45, 2.75) is 32.2 Å². The van der Waals surface area contributed by atoms with Gasteiger partial charge in [0.25, 0.3) is 5.91 Å². The number of carbonyl (C=O) groups is 1. The molecule has 0 N–H and O–H groups in total. The van der Waals surface area contributed by atoms with Crippen molar-refractivity contribution in [3.8, 4) is 11.5 Å². The highest BCUT2D eigenvalue weighted by Gasteiger charge is 2.31. The Kier molecular flexibility index (Phi) is 5.29. The van der Waals surface area contributed by atoms with E-state index in [2.05, 4.69) is 9.84 Å². The second kappa shape index (κ2) is 7.50. The first kappa shape index (κ1) is 19.1. The molecule has 1 amide bonds. The quantitative estimate of drug-likeness (QED) is 0.813. The number of halogens is 3. The zero-order chi connectivity index (χ0) is 19.6. The van der Waals surface area contributed by atoms with Gasteiger partial charge >= 0.3 is 6.36 Å². The minimum absolute atomic E-state index is 0.0860. The first-order valence-corrected chi connectivity index (χ1v) is 8.53. The van der Waals surface area contributed by atoms with E-state index in [1.807, 2.05) is 6.92 Å². The molecule has 146 valence electrons. The van der Waals surface area contributed by atoms with Gasteiger partial charge in [-0.25, -0.2) is 0 Å².